The first-order chi connectivity index (χ1) is 20.7. The molecule has 3 aromatic carbocycles. The average molecular weight is 589 g/mol. The second-order valence-electron chi connectivity index (χ2n) is 10.8. The summed E-state index contributed by atoms with van der Waals surface area (Å²) in [6.07, 6.45) is 0.966. The van der Waals surface area contributed by atoms with Gasteiger partial charge in [-0.15, -0.1) is 0 Å². The Labute approximate surface area is 254 Å². The molecule has 230 valence electrons. The first-order valence-electron chi connectivity index (χ1n) is 14.7. The van der Waals surface area contributed by atoms with Crippen molar-refractivity contribution >= 4 is 17.7 Å². The van der Waals surface area contributed by atoms with Gasteiger partial charge in [0.05, 0.1) is 24.8 Å². The lowest BCUT2D eigenvalue weighted by atomic mass is 9.92. The minimum atomic E-state index is -1.14. The van der Waals surface area contributed by atoms with E-state index < -0.39 is 23.9 Å². The summed E-state index contributed by atoms with van der Waals surface area (Å²) in [5, 5.41) is 9.50. The van der Waals surface area contributed by atoms with Crippen LogP contribution in [-0.4, -0.2) is 71.1 Å². The van der Waals surface area contributed by atoms with Crippen molar-refractivity contribution in [3.63, 3.8) is 0 Å². The second kappa shape index (κ2) is 16.7. The van der Waals surface area contributed by atoms with Gasteiger partial charge in [-0.1, -0.05) is 92.7 Å². The zero-order valence-corrected chi connectivity index (χ0v) is 25.3. The third-order valence-electron chi connectivity index (χ3n) is 7.30. The first-order valence-corrected chi connectivity index (χ1v) is 14.7. The number of nitrogens with two attached hydrogens (primary N) is 2. The van der Waals surface area contributed by atoms with Crippen LogP contribution in [0.3, 0.4) is 0 Å². The summed E-state index contributed by atoms with van der Waals surface area (Å²) in [7, 11) is 0. The highest BCUT2D eigenvalue weighted by molar-refractivity contribution is 6.04. The van der Waals surface area contributed by atoms with Crippen molar-refractivity contribution in [2.24, 2.45) is 17.4 Å². The average Bonchev–Trinajstić information content (AvgIpc) is 3.03. The van der Waals surface area contributed by atoms with E-state index in [1.807, 2.05) is 78.9 Å². The Morgan fingerprint density at radius 2 is 1.53 bits per heavy atom. The number of hydrogen-bond donors (Lipinski definition) is 3. The maximum absolute atomic E-state index is 14.3. The van der Waals surface area contributed by atoms with Crippen LogP contribution in [0.25, 0.3) is 11.1 Å². The van der Waals surface area contributed by atoms with Gasteiger partial charge in [-0.3, -0.25) is 19.3 Å². The number of carbonyl (C=O) groups excluding carboxylic acids is 3. The molecule has 0 heterocycles. The number of aryl methyl sites for hydroxylation is 1. The maximum Gasteiger partial charge on any atom is 0.256 e. The summed E-state index contributed by atoms with van der Waals surface area (Å²) in [5.41, 5.74) is 16.2. The van der Waals surface area contributed by atoms with E-state index in [1.54, 1.807) is 20.8 Å². The highest BCUT2D eigenvalue weighted by atomic mass is 16.5. The lowest BCUT2D eigenvalue weighted by Gasteiger charge is -2.33. The Morgan fingerprint density at radius 1 is 0.884 bits per heavy atom. The molecular formula is C34H44N4O5. The molecule has 0 aromatic heterocycles. The third kappa shape index (κ3) is 9.05. The molecule has 43 heavy (non-hydrogen) atoms. The van der Waals surface area contributed by atoms with Crippen molar-refractivity contribution in [3.05, 3.63) is 95.6 Å². The van der Waals surface area contributed by atoms with Crippen molar-refractivity contribution in [2.45, 2.75) is 52.3 Å². The molecule has 0 aliphatic rings. The summed E-state index contributed by atoms with van der Waals surface area (Å²) in [6.45, 7) is 5.40. The molecule has 3 aromatic rings. The molecule has 0 saturated heterocycles. The van der Waals surface area contributed by atoms with E-state index in [2.05, 4.69) is 0 Å². The number of benzene rings is 3. The van der Waals surface area contributed by atoms with Crippen LogP contribution in [0.1, 0.15) is 48.7 Å². The molecule has 1 unspecified atom stereocenters. The molecule has 0 saturated carbocycles. The third-order valence-corrected chi connectivity index (χ3v) is 7.30. The minimum Gasteiger partial charge on any atom is -0.396 e. The predicted octanol–water partition coefficient (Wildman–Crippen LogP) is 3.58. The van der Waals surface area contributed by atoms with Crippen LogP contribution in [0.2, 0.25) is 0 Å². The van der Waals surface area contributed by atoms with Crippen molar-refractivity contribution in [2.75, 3.05) is 26.4 Å². The largest absolute Gasteiger partial charge is 0.396 e. The highest BCUT2D eigenvalue weighted by Gasteiger charge is 2.34. The fraction of sp³-hybridized carbons (Fsp3) is 0.382. The number of ether oxygens (including phenoxy) is 1. The van der Waals surface area contributed by atoms with Gasteiger partial charge in [0, 0.05) is 13.2 Å². The van der Waals surface area contributed by atoms with Gasteiger partial charge in [0.15, 0.2) is 0 Å². The van der Waals surface area contributed by atoms with Gasteiger partial charge in [-0.25, -0.2) is 0 Å². The fourth-order valence-electron chi connectivity index (χ4n) is 4.69. The first kappa shape index (κ1) is 33.6. The van der Waals surface area contributed by atoms with Gasteiger partial charge in [0.2, 0.25) is 11.8 Å². The van der Waals surface area contributed by atoms with Gasteiger partial charge in [-0.2, -0.15) is 0 Å². The number of imide groups is 1. The topological polar surface area (TPSA) is 139 Å². The van der Waals surface area contributed by atoms with Gasteiger partial charge in [0.25, 0.3) is 5.91 Å². The van der Waals surface area contributed by atoms with Crippen molar-refractivity contribution in [1.82, 2.24) is 9.80 Å². The van der Waals surface area contributed by atoms with Crippen LogP contribution in [0.15, 0.2) is 78.9 Å². The highest BCUT2D eigenvalue weighted by Crippen LogP contribution is 2.29. The minimum absolute atomic E-state index is 0.0191. The molecule has 0 radical (unpaired) electrons. The molecule has 9 heteroatoms. The summed E-state index contributed by atoms with van der Waals surface area (Å²) in [6, 6.07) is 22.5. The zero-order chi connectivity index (χ0) is 31.4. The number of hydrogen-bond acceptors (Lipinski definition) is 7. The SMILES string of the molecule is CCN(CN(C(=O)C(N)COCc1ccccc1)C(=O)[C@H](N)C(C)C)C(=O)c1c(CCCO)cccc1-c1ccccc1. The maximum atomic E-state index is 14.3. The van der Waals surface area contributed by atoms with Crippen LogP contribution < -0.4 is 11.5 Å². The van der Waals surface area contributed by atoms with E-state index in [-0.39, 0.29) is 44.9 Å². The number of aliphatic hydroxyl groups excluding tert-OH is 1. The molecule has 0 spiro atoms. The van der Waals surface area contributed by atoms with E-state index in [1.165, 1.54) is 4.90 Å². The monoisotopic (exact) mass is 588 g/mol. The molecule has 0 aliphatic heterocycles. The molecule has 0 aliphatic carbocycles. The predicted molar refractivity (Wildman–Crippen MR) is 168 cm³/mol. The number of nitrogens with zero attached hydrogens (tertiary/aromatic N) is 2. The van der Waals surface area contributed by atoms with Crippen LogP contribution in [0, 0.1) is 5.92 Å². The summed E-state index contributed by atoms with van der Waals surface area (Å²) < 4.78 is 5.69. The molecule has 2 atom stereocenters. The Balaban J connectivity index is 1.92. The molecule has 3 amide bonds. The molecule has 0 bridgehead atoms. The molecule has 3 rings (SSSR count). The van der Waals surface area contributed by atoms with Gasteiger partial charge < -0.3 is 26.2 Å². The molecule has 9 nitrogen and oxygen atoms in total. The fourth-order valence-corrected chi connectivity index (χ4v) is 4.69. The van der Waals surface area contributed by atoms with Crippen LogP contribution in [-0.2, 0) is 27.4 Å². The Bertz CT molecular complexity index is 1330. The normalized spacial score (nSPS) is 12.5. The van der Waals surface area contributed by atoms with Crippen LogP contribution in [0.5, 0.6) is 0 Å². The number of rotatable bonds is 15. The number of carbonyl (C=O) groups is 3. The molecular weight excluding hydrogens is 544 g/mol. The van der Waals surface area contributed by atoms with Crippen LogP contribution >= 0.6 is 0 Å². The summed E-state index contributed by atoms with van der Waals surface area (Å²) in [4.78, 5) is 43.9. The standard InChI is InChI=1S/C34H44N4O5/c1-4-37(33(41)30-27(18-12-20-39)17-11-19-28(30)26-15-9-6-10-16-26)23-38(34(42)31(36)24(2)3)32(40)29(35)22-43-21-25-13-7-5-8-14-25/h5-11,13-17,19,24,29,31,39H,4,12,18,20-23,35-36H2,1-3H3/t29?,31-/m1/s1. The summed E-state index contributed by atoms with van der Waals surface area (Å²) >= 11 is 0. The smallest absolute Gasteiger partial charge is 0.256 e. The summed E-state index contributed by atoms with van der Waals surface area (Å²) in [5.74, 6) is -1.87. The molecule has 5 N–H and O–H groups in total. The van der Waals surface area contributed by atoms with E-state index >= 15 is 0 Å². The Hall–Kier alpha value is -3.89. The number of amides is 3. The Morgan fingerprint density at radius 3 is 2.14 bits per heavy atom. The molecule has 0 fully saturated rings. The number of aliphatic hydroxyl groups is 1. The van der Waals surface area contributed by atoms with E-state index in [9.17, 15) is 19.5 Å². The van der Waals surface area contributed by atoms with E-state index in [4.69, 9.17) is 16.2 Å². The van der Waals surface area contributed by atoms with Crippen molar-refractivity contribution in [1.29, 1.82) is 0 Å². The zero-order valence-electron chi connectivity index (χ0n) is 25.3. The lowest BCUT2D eigenvalue weighted by Crippen LogP contribution is -2.58. The van der Waals surface area contributed by atoms with Gasteiger partial charge in [-0.05, 0) is 47.9 Å². The van der Waals surface area contributed by atoms with Crippen molar-refractivity contribution in [3.8, 4) is 11.1 Å². The lowest BCUT2D eigenvalue weighted by molar-refractivity contribution is -0.150. The second-order valence-corrected chi connectivity index (χ2v) is 10.8. The quantitative estimate of drug-likeness (QED) is 0.231. The van der Waals surface area contributed by atoms with Gasteiger partial charge in [0.1, 0.15) is 12.7 Å². The van der Waals surface area contributed by atoms with E-state index in [0.717, 1.165) is 27.2 Å². The van der Waals surface area contributed by atoms with E-state index in [0.29, 0.717) is 18.4 Å². The van der Waals surface area contributed by atoms with Crippen molar-refractivity contribution < 1.29 is 24.2 Å². The Kier molecular flexibility index (Phi) is 13.0. The van der Waals surface area contributed by atoms with Crippen LogP contribution in [0.4, 0.5) is 0 Å². The van der Waals surface area contributed by atoms with Gasteiger partial charge >= 0.3 is 0 Å².